The zero-order valence-corrected chi connectivity index (χ0v) is 10.6. The summed E-state index contributed by atoms with van der Waals surface area (Å²) >= 11 is 0. The highest BCUT2D eigenvalue weighted by Crippen LogP contribution is 2.11. The highest BCUT2D eigenvalue weighted by atomic mass is 35.5. The molecule has 0 bridgehead atoms. The molecule has 0 heterocycles. The standard InChI is InChI=1S/C12H19NO2.ClH/c1-3-11(13)9-15-8-10-4-6-12(14-2)7-5-10;/h4-7,11H,3,8-9,13H2,1-2H3;1H. The van der Waals surface area contributed by atoms with Gasteiger partial charge in [-0.15, -0.1) is 12.4 Å². The number of hydrogen-bond acceptors (Lipinski definition) is 3. The van der Waals surface area contributed by atoms with Crippen molar-refractivity contribution >= 4 is 12.4 Å². The summed E-state index contributed by atoms with van der Waals surface area (Å²) in [5.41, 5.74) is 6.88. The maximum Gasteiger partial charge on any atom is 0.118 e. The maximum absolute atomic E-state index is 5.74. The Morgan fingerprint density at radius 2 is 1.88 bits per heavy atom. The van der Waals surface area contributed by atoms with Gasteiger partial charge in [0.05, 0.1) is 20.3 Å². The van der Waals surface area contributed by atoms with Crippen LogP contribution in [0.5, 0.6) is 5.75 Å². The zero-order valence-electron chi connectivity index (χ0n) is 9.81. The third kappa shape index (κ3) is 5.35. The van der Waals surface area contributed by atoms with E-state index in [1.54, 1.807) is 7.11 Å². The second kappa shape index (κ2) is 8.39. The minimum Gasteiger partial charge on any atom is -0.497 e. The van der Waals surface area contributed by atoms with E-state index >= 15 is 0 Å². The number of methoxy groups -OCH3 is 1. The van der Waals surface area contributed by atoms with Gasteiger partial charge in [-0.1, -0.05) is 19.1 Å². The third-order valence-corrected chi connectivity index (χ3v) is 2.28. The van der Waals surface area contributed by atoms with Crippen LogP contribution >= 0.6 is 12.4 Å². The van der Waals surface area contributed by atoms with Gasteiger partial charge in [0, 0.05) is 6.04 Å². The maximum atomic E-state index is 5.74. The highest BCUT2D eigenvalue weighted by molar-refractivity contribution is 5.85. The van der Waals surface area contributed by atoms with Crippen LogP contribution in [0.2, 0.25) is 0 Å². The Labute approximate surface area is 103 Å². The Kier molecular flexibility index (Phi) is 7.99. The van der Waals surface area contributed by atoms with Crippen molar-refractivity contribution in [2.24, 2.45) is 5.73 Å². The van der Waals surface area contributed by atoms with Gasteiger partial charge < -0.3 is 15.2 Å². The molecular weight excluding hydrogens is 226 g/mol. The van der Waals surface area contributed by atoms with E-state index in [0.717, 1.165) is 17.7 Å². The monoisotopic (exact) mass is 245 g/mol. The van der Waals surface area contributed by atoms with Crippen LogP contribution in [-0.4, -0.2) is 19.8 Å². The van der Waals surface area contributed by atoms with Crippen LogP contribution in [0, 0.1) is 0 Å². The van der Waals surface area contributed by atoms with E-state index < -0.39 is 0 Å². The minimum atomic E-state index is 0. The molecule has 1 unspecified atom stereocenters. The van der Waals surface area contributed by atoms with Gasteiger partial charge in [0.25, 0.3) is 0 Å². The van der Waals surface area contributed by atoms with Crippen molar-refractivity contribution in [3.05, 3.63) is 29.8 Å². The number of ether oxygens (including phenoxy) is 2. The first-order valence-electron chi connectivity index (χ1n) is 5.22. The van der Waals surface area contributed by atoms with Crippen LogP contribution < -0.4 is 10.5 Å². The Balaban J connectivity index is 0.00000225. The molecule has 0 radical (unpaired) electrons. The molecule has 0 amide bonds. The molecule has 1 atom stereocenters. The van der Waals surface area contributed by atoms with Crippen molar-refractivity contribution in [1.82, 2.24) is 0 Å². The number of nitrogens with two attached hydrogens (primary N) is 1. The van der Waals surface area contributed by atoms with Gasteiger partial charge in [0.15, 0.2) is 0 Å². The fraction of sp³-hybridized carbons (Fsp3) is 0.500. The molecule has 4 heteroatoms. The van der Waals surface area contributed by atoms with Crippen LogP contribution in [0.3, 0.4) is 0 Å². The summed E-state index contributed by atoms with van der Waals surface area (Å²) in [6.45, 7) is 3.28. The molecule has 0 saturated heterocycles. The van der Waals surface area contributed by atoms with Gasteiger partial charge in [-0.2, -0.15) is 0 Å². The van der Waals surface area contributed by atoms with Crippen molar-refractivity contribution in [2.75, 3.05) is 13.7 Å². The SMILES string of the molecule is CCC(N)COCc1ccc(OC)cc1.Cl. The fourth-order valence-electron chi connectivity index (χ4n) is 1.17. The van der Waals surface area contributed by atoms with Crippen molar-refractivity contribution in [3.8, 4) is 5.75 Å². The summed E-state index contributed by atoms with van der Waals surface area (Å²) in [5, 5.41) is 0. The molecule has 1 rings (SSSR count). The van der Waals surface area contributed by atoms with Crippen LogP contribution in [-0.2, 0) is 11.3 Å². The normalized spacial score (nSPS) is 11.7. The molecule has 0 spiro atoms. The largest absolute Gasteiger partial charge is 0.497 e. The molecule has 1 aromatic carbocycles. The lowest BCUT2D eigenvalue weighted by Gasteiger charge is -2.09. The summed E-state index contributed by atoms with van der Waals surface area (Å²) in [7, 11) is 1.66. The summed E-state index contributed by atoms with van der Waals surface area (Å²) < 4.78 is 10.5. The van der Waals surface area contributed by atoms with E-state index in [9.17, 15) is 0 Å². The zero-order chi connectivity index (χ0) is 11.1. The van der Waals surface area contributed by atoms with E-state index in [0.29, 0.717) is 13.2 Å². The molecule has 0 aromatic heterocycles. The van der Waals surface area contributed by atoms with Crippen LogP contribution in [0.25, 0.3) is 0 Å². The van der Waals surface area contributed by atoms with E-state index in [1.165, 1.54) is 0 Å². The molecule has 0 aliphatic heterocycles. The predicted molar refractivity (Wildman–Crippen MR) is 68.2 cm³/mol. The van der Waals surface area contributed by atoms with Gasteiger partial charge in [-0.3, -0.25) is 0 Å². The Bertz CT molecular complexity index is 277. The summed E-state index contributed by atoms with van der Waals surface area (Å²) in [5.74, 6) is 0.865. The molecule has 0 aliphatic carbocycles. The molecule has 0 fully saturated rings. The second-order valence-electron chi connectivity index (χ2n) is 3.53. The average Bonchev–Trinajstić information content (AvgIpc) is 2.29. The van der Waals surface area contributed by atoms with E-state index in [4.69, 9.17) is 15.2 Å². The first kappa shape index (κ1) is 15.2. The number of hydrogen-bond donors (Lipinski definition) is 1. The van der Waals surface area contributed by atoms with Crippen molar-refractivity contribution in [2.45, 2.75) is 26.0 Å². The first-order valence-corrected chi connectivity index (χ1v) is 5.22. The Morgan fingerprint density at radius 1 is 1.25 bits per heavy atom. The molecule has 2 N–H and O–H groups in total. The molecule has 16 heavy (non-hydrogen) atoms. The average molecular weight is 246 g/mol. The van der Waals surface area contributed by atoms with Crippen LogP contribution in [0.15, 0.2) is 24.3 Å². The van der Waals surface area contributed by atoms with Crippen LogP contribution in [0.1, 0.15) is 18.9 Å². The molecule has 0 saturated carbocycles. The van der Waals surface area contributed by atoms with Gasteiger partial charge in [-0.25, -0.2) is 0 Å². The lowest BCUT2D eigenvalue weighted by molar-refractivity contribution is 0.107. The molecule has 3 nitrogen and oxygen atoms in total. The molecule has 0 aliphatic rings. The molecular formula is C12H20ClNO2. The van der Waals surface area contributed by atoms with Crippen molar-refractivity contribution < 1.29 is 9.47 Å². The van der Waals surface area contributed by atoms with Crippen molar-refractivity contribution in [1.29, 1.82) is 0 Å². The number of halogens is 1. The first-order chi connectivity index (χ1) is 7.26. The number of benzene rings is 1. The topological polar surface area (TPSA) is 44.5 Å². The molecule has 1 aromatic rings. The smallest absolute Gasteiger partial charge is 0.118 e. The lowest BCUT2D eigenvalue weighted by atomic mass is 10.2. The van der Waals surface area contributed by atoms with E-state index in [2.05, 4.69) is 6.92 Å². The van der Waals surface area contributed by atoms with Gasteiger partial charge in [0.1, 0.15) is 5.75 Å². The lowest BCUT2D eigenvalue weighted by Crippen LogP contribution is -2.24. The predicted octanol–water partition coefficient (Wildman–Crippen LogP) is 2.37. The quantitative estimate of drug-likeness (QED) is 0.837. The molecule has 92 valence electrons. The van der Waals surface area contributed by atoms with Gasteiger partial charge in [-0.05, 0) is 24.1 Å². The summed E-state index contributed by atoms with van der Waals surface area (Å²) in [6, 6.07) is 7.99. The second-order valence-corrected chi connectivity index (χ2v) is 3.53. The highest BCUT2D eigenvalue weighted by Gasteiger charge is 1.99. The fourth-order valence-corrected chi connectivity index (χ4v) is 1.17. The Hall–Kier alpha value is -0.770. The van der Waals surface area contributed by atoms with Crippen molar-refractivity contribution in [3.63, 3.8) is 0 Å². The van der Waals surface area contributed by atoms with E-state index in [-0.39, 0.29) is 18.4 Å². The summed E-state index contributed by atoms with van der Waals surface area (Å²) in [4.78, 5) is 0. The van der Waals surface area contributed by atoms with Gasteiger partial charge >= 0.3 is 0 Å². The van der Waals surface area contributed by atoms with Crippen LogP contribution in [0.4, 0.5) is 0 Å². The Morgan fingerprint density at radius 3 is 2.38 bits per heavy atom. The third-order valence-electron chi connectivity index (χ3n) is 2.28. The minimum absolute atomic E-state index is 0. The van der Waals surface area contributed by atoms with Gasteiger partial charge in [0.2, 0.25) is 0 Å². The summed E-state index contributed by atoms with van der Waals surface area (Å²) in [6.07, 6.45) is 0.947. The number of rotatable bonds is 6. The van der Waals surface area contributed by atoms with E-state index in [1.807, 2.05) is 24.3 Å².